The normalized spacial score (nSPS) is 10.9. The van der Waals surface area contributed by atoms with Crippen molar-refractivity contribution in [3.63, 3.8) is 0 Å². The van der Waals surface area contributed by atoms with Gasteiger partial charge in [0.15, 0.2) is 0 Å². The number of nitrogens with zero attached hydrogens (tertiary/aromatic N) is 3. The quantitative estimate of drug-likeness (QED) is 0.537. The van der Waals surface area contributed by atoms with Crippen LogP contribution >= 0.6 is 0 Å². The van der Waals surface area contributed by atoms with Crippen molar-refractivity contribution in [1.82, 2.24) is 25.1 Å². The lowest BCUT2D eigenvalue weighted by Gasteiger charge is -2.06. The fraction of sp³-hybridized carbons (Fsp3) is 0. The van der Waals surface area contributed by atoms with Gasteiger partial charge in [0.05, 0.1) is 17.3 Å². The number of hydrogen-bond acceptors (Lipinski definition) is 4. The van der Waals surface area contributed by atoms with Crippen LogP contribution in [0.1, 0.15) is 0 Å². The fourth-order valence-electron chi connectivity index (χ4n) is 2.36. The molecule has 21 heavy (non-hydrogen) atoms. The highest BCUT2D eigenvalue weighted by Crippen LogP contribution is 2.32. The van der Waals surface area contributed by atoms with Crippen molar-refractivity contribution in [2.24, 2.45) is 0 Å². The molecule has 6 nitrogen and oxygen atoms in total. The zero-order chi connectivity index (χ0) is 14.1. The Morgan fingerprint density at radius 3 is 2.71 bits per heavy atom. The molecule has 1 aromatic carbocycles. The molecule has 0 radical (unpaired) electrons. The molecular weight excluding hydrogens is 264 g/mol. The summed E-state index contributed by atoms with van der Waals surface area (Å²) in [4.78, 5) is 11.8. The van der Waals surface area contributed by atoms with E-state index in [9.17, 15) is 0 Å². The van der Waals surface area contributed by atoms with Gasteiger partial charge in [0.2, 0.25) is 0 Å². The summed E-state index contributed by atoms with van der Waals surface area (Å²) >= 11 is 0. The van der Waals surface area contributed by atoms with Crippen molar-refractivity contribution >= 4 is 22.5 Å². The van der Waals surface area contributed by atoms with E-state index in [0.717, 1.165) is 33.7 Å². The third-order valence-corrected chi connectivity index (χ3v) is 3.32. The molecule has 102 valence electrons. The zero-order valence-electron chi connectivity index (χ0n) is 11.0. The van der Waals surface area contributed by atoms with E-state index in [1.54, 1.807) is 12.4 Å². The number of nitrogens with one attached hydrogen (secondary N) is 3. The lowest BCUT2D eigenvalue weighted by molar-refractivity contribution is 1.09. The van der Waals surface area contributed by atoms with E-state index in [0.29, 0.717) is 0 Å². The van der Waals surface area contributed by atoms with Crippen LogP contribution in [0.5, 0.6) is 0 Å². The Kier molecular flexibility index (Phi) is 2.64. The number of hydrogen-bond donors (Lipinski definition) is 3. The Morgan fingerprint density at radius 1 is 1.00 bits per heavy atom. The molecule has 3 aromatic heterocycles. The van der Waals surface area contributed by atoms with Gasteiger partial charge >= 0.3 is 0 Å². The van der Waals surface area contributed by atoms with Gasteiger partial charge in [-0.3, -0.25) is 5.10 Å². The van der Waals surface area contributed by atoms with Crippen LogP contribution in [0.25, 0.3) is 22.2 Å². The molecule has 0 saturated heterocycles. The van der Waals surface area contributed by atoms with Gasteiger partial charge in [-0.15, -0.1) is 0 Å². The highest BCUT2D eigenvalue weighted by Gasteiger charge is 2.12. The molecule has 3 heterocycles. The summed E-state index contributed by atoms with van der Waals surface area (Å²) in [5, 5.41) is 10.9. The molecular formula is C15H12N6. The maximum absolute atomic E-state index is 4.36. The second-order valence-corrected chi connectivity index (χ2v) is 4.63. The summed E-state index contributed by atoms with van der Waals surface area (Å²) in [6, 6.07) is 10.2. The predicted octanol–water partition coefficient (Wildman–Crippen LogP) is 3.09. The number of fused-ring (bicyclic) bond motifs is 1. The molecule has 4 aromatic rings. The average Bonchev–Trinajstić information content (AvgIpc) is 3.18. The van der Waals surface area contributed by atoms with Crippen LogP contribution in [0.15, 0.2) is 55.2 Å². The van der Waals surface area contributed by atoms with Gasteiger partial charge in [0, 0.05) is 18.0 Å². The second kappa shape index (κ2) is 4.75. The van der Waals surface area contributed by atoms with Crippen LogP contribution in [-0.4, -0.2) is 25.1 Å². The summed E-state index contributed by atoms with van der Waals surface area (Å²) in [6.45, 7) is 0. The van der Waals surface area contributed by atoms with Gasteiger partial charge in [-0.2, -0.15) is 5.10 Å². The number of H-pyrrole nitrogens is 2. The van der Waals surface area contributed by atoms with Crippen molar-refractivity contribution in [2.45, 2.75) is 0 Å². The summed E-state index contributed by atoms with van der Waals surface area (Å²) in [7, 11) is 0. The molecule has 6 heteroatoms. The van der Waals surface area contributed by atoms with E-state index in [-0.39, 0.29) is 0 Å². The molecule has 3 N–H and O–H groups in total. The number of aromatic nitrogens is 5. The molecule has 0 spiro atoms. The first-order chi connectivity index (χ1) is 10.4. The maximum Gasteiger partial charge on any atom is 0.144 e. The SMILES string of the molecule is c1ccc(-c2c[nH]c3ncnc(Nc4cn[nH]c4)c23)cc1. The van der Waals surface area contributed by atoms with Crippen LogP contribution in [0, 0.1) is 0 Å². The van der Waals surface area contributed by atoms with Crippen molar-refractivity contribution in [3.05, 3.63) is 55.2 Å². The summed E-state index contributed by atoms with van der Waals surface area (Å²) in [5.41, 5.74) is 3.84. The summed E-state index contributed by atoms with van der Waals surface area (Å²) in [6.07, 6.45) is 6.98. The Bertz CT molecular complexity index is 864. The van der Waals surface area contributed by atoms with E-state index < -0.39 is 0 Å². The van der Waals surface area contributed by atoms with Crippen LogP contribution < -0.4 is 5.32 Å². The van der Waals surface area contributed by atoms with Gasteiger partial charge < -0.3 is 10.3 Å². The first-order valence-electron chi connectivity index (χ1n) is 6.55. The van der Waals surface area contributed by atoms with Gasteiger partial charge in [0.1, 0.15) is 17.8 Å². The van der Waals surface area contributed by atoms with Gasteiger partial charge in [-0.05, 0) is 5.56 Å². The summed E-state index contributed by atoms with van der Waals surface area (Å²) in [5.74, 6) is 0.751. The number of benzene rings is 1. The number of aromatic amines is 2. The van der Waals surface area contributed by atoms with Crippen molar-refractivity contribution < 1.29 is 0 Å². The van der Waals surface area contributed by atoms with Crippen LogP contribution in [0.2, 0.25) is 0 Å². The Labute approximate surface area is 120 Å². The molecule has 4 rings (SSSR count). The van der Waals surface area contributed by atoms with Crippen molar-refractivity contribution in [2.75, 3.05) is 5.32 Å². The Morgan fingerprint density at radius 2 is 1.90 bits per heavy atom. The standard InChI is InChI=1S/C15H12N6/c1-2-4-10(5-3-1)12-8-16-14-13(12)15(18-9-17-14)21-11-6-19-20-7-11/h1-9H,(H,19,20)(H2,16,17,18,21). The van der Waals surface area contributed by atoms with E-state index in [1.807, 2.05) is 24.4 Å². The molecule has 0 aliphatic heterocycles. The van der Waals surface area contributed by atoms with E-state index in [1.165, 1.54) is 6.33 Å². The number of rotatable bonds is 3. The monoisotopic (exact) mass is 276 g/mol. The highest BCUT2D eigenvalue weighted by atomic mass is 15.1. The third-order valence-electron chi connectivity index (χ3n) is 3.32. The molecule has 0 unspecified atom stereocenters. The van der Waals surface area contributed by atoms with Gasteiger partial charge in [0.25, 0.3) is 0 Å². The largest absolute Gasteiger partial charge is 0.345 e. The minimum Gasteiger partial charge on any atom is -0.345 e. The van der Waals surface area contributed by atoms with Gasteiger partial charge in [-0.25, -0.2) is 9.97 Å². The molecule has 0 fully saturated rings. The molecule has 0 saturated carbocycles. The number of anilines is 2. The highest BCUT2D eigenvalue weighted by molar-refractivity contribution is 6.01. The topological polar surface area (TPSA) is 82.3 Å². The third kappa shape index (κ3) is 2.02. The molecule has 0 amide bonds. The minimum absolute atomic E-state index is 0.751. The lowest BCUT2D eigenvalue weighted by Crippen LogP contribution is -1.94. The van der Waals surface area contributed by atoms with Crippen LogP contribution in [-0.2, 0) is 0 Å². The predicted molar refractivity (Wildman–Crippen MR) is 81.2 cm³/mol. The van der Waals surface area contributed by atoms with E-state index in [4.69, 9.17) is 0 Å². The van der Waals surface area contributed by atoms with E-state index >= 15 is 0 Å². The Balaban J connectivity index is 1.89. The van der Waals surface area contributed by atoms with Gasteiger partial charge in [-0.1, -0.05) is 30.3 Å². The fourth-order valence-corrected chi connectivity index (χ4v) is 2.36. The second-order valence-electron chi connectivity index (χ2n) is 4.63. The first-order valence-corrected chi connectivity index (χ1v) is 6.55. The lowest BCUT2D eigenvalue weighted by atomic mass is 10.1. The minimum atomic E-state index is 0.751. The first kappa shape index (κ1) is 11.7. The van der Waals surface area contributed by atoms with Crippen molar-refractivity contribution in [1.29, 1.82) is 0 Å². The van der Waals surface area contributed by atoms with Crippen LogP contribution in [0.4, 0.5) is 11.5 Å². The van der Waals surface area contributed by atoms with Crippen molar-refractivity contribution in [3.8, 4) is 11.1 Å². The molecule has 0 bridgehead atoms. The van der Waals surface area contributed by atoms with Crippen LogP contribution in [0.3, 0.4) is 0 Å². The van der Waals surface area contributed by atoms with E-state index in [2.05, 4.69) is 42.6 Å². The molecule has 0 atom stereocenters. The molecule has 0 aliphatic rings. The smallest absolute Gasteiger partial charge is 0.144 e. The average molecular weight is 276 g/mol. The summed E-state index contributed by atoms with van der Waals surface area (Å²) < 4.78 is 0. The zero-order valence-corrected chi connectivity index (χ0v) is 11.0. The Hall–Kier alpha value is -3.15. The maximum atomic E-state index is 4.36. The molecule has 0 aliphatic carbocycles.